The summed E-state index contributed by atoms with van der Waals surface area (Å²) < 4.78 is 5.13. The molecule has 0 radical (unpaired) electrons. The van der Waals surface area contributed by atoms with Crippen LogP contribution >= 0.6 is 11.3 Å². The monoisotopic (exact) mass is 465 g/mol. The molecule has 0 saturated heterocycles. The summed E-state index contributed by atoms with van der Waals surface area (Å²) in [4.78, 5) is 44.1. The molecule has 0 bridgehead atoms. The molecule has 33 heavy (non-hydrogen) atoms. The van der Waals surface area contributed by atoms with E-state index in [4.69, 9.17) is 4.74 Å². The van der Waals surface area contributed by atoms with E-state index >= 15 is 0 Å². The first-order valence-electron chi connectivity index (χ1n) is 10.7. The number of esters is 1. The first kappa shape index (κ1) is 24.1. The van der Waals surface area contributed by atoms with E-state index in [0.717, 1.165) is 22.5 Å². The van der Waals surface area contributed by atoms with Gasteiger partial charge in [-0.1, -0.05) is 72.0 Å². The molecule has 8 heteroatoms. The van der Waals surface area contributed by atoms with Crippen LogP contribution in [0.25, 0.3) is 0 Å². The van der Waals surface area contributed by atoms with Crippen molar-refractivity contribution < 1.29 is 19.1 Å². The lowest BCUT2D eigenvalue weighted by molar-refractivity contribution is -0.121. The molecule has 1 aromatic heterocycles. The minimum absolute atomic E-state index is 0.0454. The lowest BCUT2D eigenvalue weighted by Crippen LogP contribution is -2.35. The van der Waals surface area contributed by atoms with Gasteiger partial charge < -0.3 is 10.1 Å². The average Bonchev–Trinajstić information content (AvgIpc) is 3.19. The molecule has 0 aliphatic carbocycles. The van der Waals surface area contributed by atoms with Crippen LogP contribution in [0.1, 0.15) is 52.8 Å². The number of aromatic nitrogens is 1. The van der Waals surface area contributed by atoms with Gasteiger partial charge in [0, 0.05) is 6.92 Å². The highest BCUT2D eigenvalue weighted by molar-refractivity contribution is 7.17. The largest absolute Gasteiger partial charge is 0.462 e. The summed E-state index contributed by atoms with van der Waals surface area (Å²) in [6.07, 6.45) is 0.0454. The summed E-state index contributed by atoms with van der Waals surface area (Å²) in [6, 6.07) is 18.4. The third-order valence-corrected chi connectivity index (χ3v) is 6.08. The molecule has 0 fully saturated rings. The first-order valence-corrected chi connectivity index (χ1v) is 11.5. The SMILES string of the molecule is CCOC(=O)c1sc(N(Cc2ccccc2)C(=O)CC(NC(C)=O)c2ccccc2)nc1C. The zero-order valence-electron chi connectivity index (χ0n) is 18.9. The minimum atomic E-state index is -0.486. The Hall–Kier alpha value is -3.52. The molecule has 0 saturated carbocycles. The number of benzene rings is 2. The van der Waals surface area contributed by atoms with E-state index < -0.39 is 12.0 Å². The molecule has 1 N–H and O–H groups in total. The highest BCUT2D eigenvalue weighted by Gasteiger charge is 2.27. The Bertz CT molecular complexity index is 1100. The Morgan fingerprint density at radius 3 is 2.30 bits per heavy atom. The zero-order chi connectivity index (χ0) is 23.8. The highest BCUT2D eigenvalue weighted by Crippen LogP contribution is 2.30. The molecule has 7 nitrogen and oxygen atoms in total. The smallest absolute Gasteiger partial charge is 0.350 e. The number of carbonyl (C=O) groups excluding carboxylic acids is 3. The maximum absolute atomic E-state index is 13.6. The number of rotatable bonds is 9. The first-order chi connectivity index (χ1) is 15.9. The van der Waals surface area contributed by atoms with Crippen molar-refractivity contribution in [2.45, 2.75) is 39.8 Å². The van der Waals surface area contributed by atoms with E-state index in [-0.39, 0.29) is 31.4 Å². The van der Waals surface area contributed by atoms with Crippen molar-refractivity contribution >= 4 is 34.3 Å². The third-order valence-electron chi connectivity index (χ3n) is 4.92. The number of aryl methyl sites for hydroxylation is 1. The molecule has 0 spiro atoms. The van der Waals surface area contributed by atoms with Crippen LogP contribution in [0.3, 0.4) is 0 Å². The maximum atomic E-state index is 13.6. The fraction of sp³-hybridized carbons (Fsp3) is 0.280. The van der Waals surface area contributed by atoms with Crippen molar-refractivity contribution in [2.75, 3.05) is 11.5 Å². The van der Waals surface area contributed by atoms with Gasteiger partial charge in [-0.15, -0.1) is 0 Å². The number of thiazole rings is 1. The third kappa shape index (κ3) is 6.49. The molecule has 3 rings (SSSR count). The predicted octanol–water partition coefficient (Wildman–Crippen LogP) is 4.43. The van der Waals surface area contributed by atoms with Gasteiger partial charge in [0.1, 0.15) is 4.88 Å². The summed E-state index contributed by atoms with van der Waals surface area (Å²) in [5, 5.41) is 3.29. The summed E-state index contributed by atoms with van der Waals surface area (Å²) in [6.45, 7) is 5.44. The van der Waals surface area contributed by atoms with Gasteiger partial charge in [0.25, 0.3) is 0 Å². The van der Waals surface area contributed by atoms with Gasteiger partial charge in [0.15, 0.2) is 5.13 Å². The van der Waals surface area contributed by atoms with E-state index in [9.17, 15) is 14.4 Å². The number of carbonyl (C=O) groups is 3. The summed E-state index contributed by atoms with van der Waals surface area (Å²) in [5.74, 6) is -0.891. The summed E-state index contributed by atoms with van der Waals surface area (Å²) >= 11 is 1.13. The van der Waals surface area contributed by atoms with Crippen LogP contribution in [0, 0.1) is 6.92 Å². The van der Waals surface area contributed by atoms with Crippen LogP contribution in [-0.2, 0) is 20.9 Å². The number of anilines is 1. The van der Waals surface area contributed by atoms with Gasteiger partial charge in [-0.05, 0) is 25.0 Å². The van der Waals surface area contributed by atoms with Crippen LogP contribution in [0.15, 0.2) is 60.7 Å². The fourth-order valence-corrected chi connectivity index (χ4v) is 4.36. The van der Waals surface area contributed by atoms with Crippen molar-refractivity contribution in [1.82, 2.24) is 10.3 Å². The van der Waals surface area contributed by atoms with Gasteiger partial charge in [-0.2, -0.15) is 0 Å². The molecule has 1 heterocycles. The number of hydrogen-bond donors (Lipinski definition) is 1. The van der Waals surface area contributed by atoms with Crippen LogP contribution in [0.2, 0.25) is 0 Å². The van der Waals surface area contributed by atoms with Gasteiger partial charge in [0.2, 0.25) is 11.8 Å². The van der Waals surface area contributed by atoms with Gasteiger partial charge >= 0.3 is 5.97 Å². The number of amides is 2. The Labute approximate surface area is 197 Å². The minimum Gasteiger partial charge on any atom is -0.462 e. The van der Waals surface area contributed by atoms with Gasteiger partial charge in [0.05, 0.1) is 31.3 Å². The number of nitrogens with one attached hydrogen (secondary N) is 1. The van der Waals surface area contributed by atoms with Crippen molar-refractivity contribution in [3.63, 3.8) is 0 Å². The van der Waals surface area contributed by atoms with E-state index in [1.54, 1.807) is 18.7 Å². The van der Waals surface area contributed by atoms with E-state index in [2.05, 4.69) is 10.3 Å². The van der Waals surface area contributed by atoms with Crippen molar-refractivity contribution in [1.29, 1.82) is 0 Å². The summed E-state index contributed by atoms with van der Waals surface area (Å²) in [7, 11) is 0. The lowest BCUT2D eigenvalue weighted by Gasteiger charge is -2.24. The number of nitrogens with zero attached hydrogens (tertiary/aromatic N) is 2. The van der Waals surface area contributed by atoms with E-state index in [1.165, 1.54) is 6.92 Å². The van der Waals surface area contributed by atoms with Crippen molar-refractivity contribution in [2.24, 2.45) is 0 Å². The molecule has 2 amide bonds. The van der Waals surface area contributed by atoms with E-state index in [1.807, 2.05) is 60.7 Å². The fourth-order valence-electron chi connectivity index (χ4n) is 3.38. The second-order valence-electron chi connectivity index (χ2n) is 7.46. The second-order valence-corrected chi connectivity index (χ2v) is 8.44. The van der Waals surface area contributed by atoms with Crippen LogP contribution in [-0.4, -0.2) is 29.4 Å². The van der Waals surface area contributed by atoms with Crippen LogP contribution in [0.4, 0.5) is 5.13 Å². The highest BCUT2D eigenvalue weighted by atomic mass is 32.1. The molecule has 172 valence electrons. The molecule has 2 aromatic carbocycles. The van der Waals surface area contributed by atoms with Crippen LogP contribution in [0.5, 0.6) is 0 Å². The lowest BCUT2D eigenvalue weighted by atomic mass is 10.0. The Kier molecular flexibility index (Phi) is 8.32. The second kappa shape index (κ2) is 11.4. The van der Waals surface area contributed by atoms with Gasteiger partial charge in [-0.25, -0.2) is 9.78 Å². The predicted molar refractivity (Wildman–Crippen MR) is 128 cm³/mol. The summed E-state index contributed by atoms with van der Waals surface area (Å²) in [5.41, 5.74) is 2.27. The maximum Gasteiger partial charge on any atom is 0.350 e. The Morgan fingerprint density at radius 2 is 1.70 bits per heavy atom. The molecular weight excluding hydrogens is 438 g/mol. The molecule has 1 unspecified atom stereocenters. The normalized spacial score (nSPS) is 11.5. The number of hydrogen-bond acceptors (Lipinski definition) is 6. The van der Waals surface area contributed by atoms with Crippen molar-refractivity contribution in [3.05, 3.63) is 82.4 Å². The molecule has 0 aliphatic heterocycles. The molecule has 1 atom stereocenters. The quantitative estimate of drug-likeness (QED) is 0.472. The molecular formula is C25H27N3O4S. The number of ether oxygens (including phenoxy) is 1. The Morgan fingerprint density at radius 1 is 1.06 bits per heavy atom. The van der Waals surface area contributed by atoms with E-state index in [0.29, 0.717) is 15.7 Å². The average molecular weight is 466 g/mol. The van der Waals surface area contributed by atoms with Gasteiger partial charge in [-0.3, -0.25) is 14.5 Å². The van der Waals surface area contributed by atoms with Crippen molar-refractivity contribution in [3.8, 4) is 0 Å². The Balaban J connectivity index is 1.93. The molecule has 3 aromatic rings. The molecule has 0 aliphatic rings. The zero-order valence-corrected chi connectivity index (χ0v) is 19.7. The standard InChI is InChI=1S/C25H27N3O4S/c1-4-32-24(31)23-17(2)26-25(33-23)28(16-19-11-7-5-8-12-19)22(30)15-21(27-18(3)29)20-13-9-6-10-14-20/h5-14,21H,4,15-16H2,1-3H3,(H,27,29). The van der Waals surface area contributed by atoms with Crippen LogP contribution < -0.4 is 10.2 Å². The topological polar surface area (TPSA) is 88.6 Å².